The lowest BCUT2D eigenvalue weighted by molar-refractivity contribution is 0.151. The van der Waals surface area contributed by atoms with E-state index in [4.69, 9.17) is 0 Å². The minimum atomic E-state index is -2.53. The van der Waals surface area contributed by atoms with Crippen molar-refractivity contribution < 1.29 is 8.78 Å². The van der Waals surface area contributed by atoms with Crippen molar-refractivity contribution in [3.8, 4) is 5.69 Å². The van der Waals surface area contributed by atoms with Gasteiger partial charge in [0.25, 0.3) is 6.43 Å². The van der Waals surface area contributed by atoms with E-state index in [9.17, 15) is 8.78 Å². The van der Waals surface area contributed by atoms with Crippen LogP contribution >= 0.6 is 15.9 Å². The predicted octanol–water partition coefficient (Wildman–Crippen LogP) is 3.58. The van der Waals surface area contributed by atoms with Gasteiger partial charge in [0.1, 0.15) is 0 Å². The number of aromatic nitrogens is 3. The van der Waals surface area contributed by atoms with Gasteiger partial charge in [-0.15, -0.1) is 0 Å². The van der Waals surface area contributed by atoms with Gasteiger partial charge < -0.3 is 0 Å². The fourth-order valence-electron chi connectivity index (χ4n) is 1.56. The topological polar surface area (TPSA) is 30.7 Å². The molecule has 2 heterocycles. The molecule has 0 fully saturated rings. The Hall–Kier alpha value is -1.30. The van der Waals surface area contributed by atoms with Gasteiger partial charge in [-0.05, 0) is 35.8 Å². The Bertz CT molecular complexity index is 552. The van der Waals surface area contributed by atoms with E-state index in [-0.39, 0.29) is 5.56 Å². The van der Waals surface area contributed by atoms with Crippen molar-refractivity contribution in [3.63, 3.8) is 0 Å². The first kappa shape index (κ1) is 12.2. The Morgan fingerprint density at radius 3 is 2.53 bits per heavy atom. The van der Waals surface area contributed by atoms with Crippen molar-refractivity contribution >= 4 is 15.9 Å². The molecule has 2 aromatic rings. The molecule has 2 rings (SSSR count). The summed E-state index contributed by atoms with van der Waals surface area (Å²) in [4.78, 5) is 3.81. The molecule has 0 aliphatic carbocycles. The van der Waals surface area contributed by atoms with Crippen molar-refractivity contribution in [1.82, 2.24) is 14.8 Å². The summed E-state index contributed by atoms with van der Waals surface area (Å²) in [6, 6.07) is 1.39. The van der Waals surface area contributed by atoms with Crippen LogP contribution in [0, 0.1) is 13.8 Å². The molecule has 0 amide bonds. The fourth-order valence-corrected chi connectivity index (χ4v) is 1.80. The maximum Gasteiger partial charge on any atom is 0.265 e. The maximum absolute atomic E-state index is 12.6. The number of aryl methyl sites for hydroxylation is 1. The van der Waals surface area contributed by atoms with Crippen LogP contribution in [0.1, 0.15) is 23.4 Å². The van der Waals surface area contributed by atoms with Gasteiger partial charge in [0.15, 0.2) is 0 Å². The first-order valence-corrected chi connectivity index (χ1v) is 5.75. The first-order valence-electron chi connectivity index (χ1n) is 4.96. The average molecular weight is 302 g/mol. The van der Waals surface area contributed by atoms with E-state index in [0.29, 0.717) is 5.69 Å². The summed E-state index contributed by atoms with van der Waals surface area (Å²) in [5, 5.41) is 4.27. The Kier molecular flexibility index (Phi) is 3.24. The molecule has 2 aromatic heterocycles. The maximum atomic E-state index is 12.6. The van der Waals surface area contributed by atoms with Crippen LogP contribution in [-0.2, 0) is 0 Å². The molecule has 0 saturated carbocycles. The van der Waals surface area contributed by atoms with Crippen molar-refractivity contribution in [1.29, 1.82) is 0 Å². The van der Waals surface area contributed by atoms with E-state index in [1.807, 2.05) is 13.8 Å². The Balaban J connectivity index is 2.53. The largest absolute Gasteiger partial charge is 0.265 e. The van der Waals surface area contributed by atoms with Crippen LogP contribution in [0.4, 0.5) is 8.78 Å². The molecule has 0 radical (unpaired) electrons. The number of halogens is 3. The molecule has 6 heteroatoms. The molecule has 0 saturated heterocycles. The number of hydrogen-bond acceptors (Lipinski definition) is 2. The van der Waals surface area contributed by atoms with E-state index >= 15 is 0 Å². The van der Waals surface area contributed by atoms with E-state index in [0.717, 1.165) is 22.1 Å². The molecule has 0 bridgehead atoms. The number of pyridine rings is 1. The summed E-state index contributed by atoms with van der Waals surface area (Å²) in [6.07, 6.45) is 0.148. The third kappa shape index (κ3) is 2.22. The summed E-state index contributed by atoms with van der Waals surface area (Å²) in [5.41, 5.74) is 2.10. The second-order valence-electron chi connectivity index (χ2n) is 3.67. The highest BCUT2D eigenvalue weighted by Crippen LogP contribution is 2.25. The molecule has 90 valence electrons. The molecular formula is C11H10BrF2N3. The van der Waals surface area contributed by atoms with Crippen LogP contribution in [0.15, 0.2) is 22.9 Å². The van der Waals surface area contributed by atoms with Crippen LogP contribution in [-0.4, -0.2) is 14.8 Å². The zero-order chi connectivity index (χ0) is 12.6. The monoisotopic (exact) mass is 301 g/mol. The Morgan fingerprint density at radius 1 is 1.29 bits per heavy atom. The van der Waals surface area contributed by atoms with Gasteiger partial charge in [0.05, 0.1) is 27.7 Å². The van der Waals surface area contributed by atoms with Crippen LogP contribution in [0.3, 0.4) is 0 Å². The summed E-state index contributed by atoms with van der Waals surface area (Å²) < 4.78 is 27.6. The quantitative estimate of drug-likeness (QED) is 0.849. The van der Waals surface area contributed by atoms with Gasteiger partial charge in [0, 0.05) is 11.8 Å². The van der Waals surface area contributed by atoms with Gasteiger partial charge in [0.2, 0.25) is 0 Å². The molecular weight excluding hydrogens is 292 g/mol. The van der Waals surface area contributed by atoms with Gasteiger partial charge in [-0.1, -0.05) is 0 Å². The minimum Gasteiger partial charge on any atom is -0.262 e. The lowest BCUT2D eigenvalue weighted by Gasteiger charge is -2.06. The van der Waals surface area contributed by atoms with E-state index in [1.165, 1.54) is 12.3 Å². The van der Waals surface area contributed by atoms with Crippen molar-refractivity contribution in [2.24, 2.45) is 0 Å². The van der Waals surface area contributed by atoms with Crippen LogP contribution in [0.5, 0.6) is 0 Å². The summed E-state index contributed by atoms with van der Waals surface area (Å²) in [6.45, 7) is 3.71. The number of nitrogens with zero attached hydrogens (tertiary/aromatic N) is 3. The van der Waals surface area contributed by atoms with E-state index < -0.39 is 6.43 Å². The molecule has 0 aliphatic heterocycles. The molecule has 17 heavy (non-hydrogen) atoms. The highest BCUT2D eigenvalue weighted by Gasteiger charge is 2.13. The molecule has 0 N–H and O–H groups in total. The van der Waals surface area contributed by atoms with E-state index in [1.54, 1.807) is 4.68 Å². The third-order valence-electron chi connectivity index (χ3n) is 2.44. The Morgan fingerprint density at radius 2 is 2.00 bits per heavy atom. The highest BCUT2D eigenvalue weighted by molar-refractivity contribution is 9.10. The lowest BCUT2D eigenvalue weighted by atomic mass is 10.2. The average Bonchev–Trinajstić information content (AvgIpc) is 2.57. The smallest absolute Gasteiger partial charge is 0.262 e. The minimum absolute atomic E-state index is 0.105. The summed E-state index contributed by atoms with van der Waals surface area (Å²) in [5.74, 6) is 0. The second-order valence-corrected chi connectivity index (χ2v) is 4.47. The molecule has 0 unspecified atom stereocenters. The molecule has 0 atom stereocenters. The SMILES string of the molecule is Cc1nn(-c2cncc(C(F)F)c2)c(C)c1Br. The van der Waals surface area contributed by atoms with Crippen LogP contribution in [0.25, 0.3) is 5.69 Å². The highest BCUT2D eigenvalue weighted by atomic mass is 79.9. The van der Waals surface area contributed by atoms with Crippen LogP contribution < -0.4 is 0 Å². The zero-order valence-electron chi connectivity index (χ0n) is 9.28. The molecule has 0 aromatic carbocycles. The van der Waals surface area contributed by atoms with Crippen molar-refractivity contribution in [2.75, 3.05) is 0 Å². The van der Waals surface area contributed by atoms with Gasteiger partial charge in [-0.2, -0.15) is 5.10 Å². The van der Waals surface area contributed by atoms with E-state index in [2.05, 4.69) is 26.0 Å². The fraction of sp³-hybridized carbons (Fsp3) is 0.273. The summed E-state index contributed by atoms with van der Waals surface area (Å²) >= 11 is 3.39. The molecule has 3 nitrogen and oxygen atoms in total. The first-order chi connectivity index (χ1) is 8.00. The van der Waals surface area contributed by atoms with Crippen molar-refractivity contribution in [2.45, 2.75) is 20.3 Å². The second kappa shape index (κ2) is 4.52. The zero-order valence-corrected chi connectivity index (χ0v) is 10.9. The normalized spacial score (nSPS) is 11.2. The standard InChI is InChI=1S/C11H10BrF2N3/c1-6-10(12)7(2)17(16-6)9-3-8(11(13)14)4-15-5-9/h3-5,11H,1-2H3. The lowest BCUT2D eigenvalue weighted by Crippen LogP contribution is -2.01. The van der Waals surface area contributed by atoms with Crippen molar-refractivity contribution in [3.05, 3.63) is 39.9 Å². The number of rotatable bonds is 2. The molecule has 0 spiro atoms. The number of hydrogen-bond donors (Lipinski definition) is 0. The van der Waals surface area contributed by atoms with Gasteiger partial charge >= 0.3 is 0 Å². The third-order valence-corrected chi connectivity index (χ3v) is 3.59. The number of alkyl halides is 2. The Labute approximate surface area is 106 Å². The predicted molar refractivity (Wildman–Crippen MR) is 63.5 cm³/mol. The van der Waals surface area contributed by atoms with Gasteiger partial charge in [-0.25, -0.2) is 13.5 Å². The van der Waals surface area contributed by atoms with Gasteiger partial charge in [-0.3, -0.25) is 4.98 Å². The molecule has 0 aliphatic rings. The van der Waals surface area contributed by atoms with Crippen LogP contribution in [0.2, 0.25) is 0 Å². The summed E-state index contributed by atoms with van der Waals surface area (Å²) in [7, 11) is 0.